The molecule has 108 valence electrons. The highest BCUT2D eigenvalue weighted by molar-refractivity contribution is 5.83. The average Bonchev–Trinajstić information content (AvgIpc) is 2.36. The Balaban J connectivity index is 2.68. The number of aryl methyl sites for hydroxylation is 2. The summed E-state index contributed by atoms with van der Waals surface area (Å²) >= 11 is 0. The number of rotatable bonds is 4. The fraction of sp³-hybridized carbons (Fsp3) is 0.471. The molecule has 0 spiro atoms. The van der Waals surface area contributed by atoms with Gasteiger partial charge < -0.3 is 9.52 Å². The standard InChI is InChI=1S/C17H22O3/c1-5-6-7-12-8-13-11(4)16(10(2)3)17(19)20-15(13)9-14(12)18/h8-10,18H,5-7H2,1-4H3. The molecule has 1 aromatic carbocycles. The van der Waals surface area contributed by atoms with Gasteiger partial charge in [0.1, 0.15) is 11.3 Å². The molecule has 0 aliphatic heterocycles. The minimum Gasteiger partial charge on any atom is -0.508 e. The van der Waals surface area contributed by atoms with Crippen LogP contribution >= 0.6 is 0 Å². The predicted octanol–water partition coefficient (Wildman–Crippen LogP) is 4.27. The summed E-state index contributed by atoms with van der Waals surface area (Å²) < 4.78 is 5.36. The molecule has 0 fully saturated rings. The Morgan fingerprint density at radius 3 is 2.60 bits per heavy atom. The van der Waals surface area contributed by atoms with Gasteiger partial charge in [0.2, 0.25) is 0 Å². The van der Waals surface area contributed by atoms with Crippen molar-refractivity contribution in [2.75, 3.05) is 0 Å². The first-order chi connectivity index (χ1) is 9.45. The smallest absolute Gasteiger partial charge is 0.339 e. The summed E-state index contributed by atoms with van der Waals surface area (Å²) in [5.41, 5.74) is 2.78. The average molecular weight is 274 g/mol. The number of benzene rings is 1. The van der Waals surface area contributed by atoms with E-state index in [1.54, 1.807) is 6.07 Å². The Kier molecular flexibility index (Phi) is 4.17. The Morgan fingerprint density at radius 2 is 2.00 bits per heavy atom. The van der Waals surface area contributed by atoms with E-state index in [9.17, 15) is 9.90 Å². The SMILES string of the molecule is CCCCc1cc2c(C)c(C(C)C)c(=O)oc2cc1O. The van der Waals surface area contributed by atoms with Crippen LogP contribution in [0.2, 0.25) is 0 Å². The molecule has 0 unspecified atom stereocenters. The number of hydrogen-bond acceptors (Lipinski definition) is 3. The van der Waals surface area contributed by atoms with E-state index in [-0.39, 0.29) is 17.3 Å². The highest BCUT2D eigenvalue weighted by atomic mass is 16.4. The highest BCUT2D eigenvalue weighted by Gasteiger charge is 2.16. The monoisotopic (exact) mass is 274 g/mol. The summed E-state index contributed by atoms with van der Waals surface area (Å²) in [7, 11) is 0. The summed E-state index contributed by atoms with van der Waals surface area (Å²) in [6.07, 6.45) is 2.96. The first kappa shape index (κ1) is 14.6. The molecule has 3 heteroatoms. The molecule has 2 aromatic rings. The first-order valence-electron chi connectivity index (χ1n) is 7.24. The van der Waals surface area contributed by atoms with Gasteiger partial charge >= 0.3 is 5.63 Å². The normalized spacial score (nSPS) is 11.4. The molecule has 0 amide bonds. The molecule has 0 radical (unpaired) electrons. The summed E-state index contributed by atoms with van der Waals surface area (Å²) in [6, 6.07) is 3.53. The minimum absolute atomic E-state index is 0.128. The molecular weight excluding hydrogens is 252 g/mol. The van der Waals surface area contributed by atoms with E-state index >= 15 is 0 Å². The number of phenols is 1. The summed E-state index contributed by atoms with van der Waals surface area (Å²) in [5.74, 6) is 0.342. The third kappa shape index (κ3) is 2.58. The van der Waals surface area contributed by atoms with Crippen molar-refractivity contribution in [3.05, 3.63) is 39.2 Å². The number of aromatic hydroxyl groups is 1. The molecule has 0 aliphatic carbocycles. The maximum absolute atomic E-state index is 12.0. The fourth-order valence-corrected chi connectivity index (χ4v) is 2.68. The number of hydrogen-bond donors (Lipinski definition) is 1. The van der Waals surface area contributed by atoms with Crippen LogP contribution in [0.25, 0.3) is 11.0 Å². The molecule has 0 saturated heterocycles. The minimum atomic E-state index is -0.300. The van der Waals surface area contributed by atoms with Gasteiger partial charge in [-0.1, -0.05) is 27.2 Å². The second-order valence-corrected chi connectivity index (χ2v) is 5.66. The van der Waals surface area contributed by atoms with Crippen molar-refractivity contribution in [3.63, 3.8) is 0 Å². The maximum Gasteiger partial charge on any atom is 0.339 e. The van der Waals surface area contributed by atoms with E-state index in [2.05, 4.69) is 6.92 Å². The lowest BCUT2D eigenvalue weighted by molar-refractivity contribution is 0.464. The molecule has 1 N–H and O–H groups in total. The summed E-state index contributed by atoms with van der Waals surface area (Å²) in [5, 5.41) is 11.0. The van der Waals surface area contributed by atoms with E-state index in [0.29, 0.717) is 5.58 Å². The largest absolute Gasteiger partial charge is 0.508 e. The van der Waals surface area contributed by atoms with Crippen LogP contribution in [0.4, 0.5) is 0 Å². The zero-order valence-electron chi connectivity index (χ0n) is 12.6. The second-order valence-electron chi connectivity index (χ2n) is 5.66. The molecular formula is C17H22O3. The topological polar surface area (TPSA) is 50.4 Å². The van der Waals surface area contributed by atoms with Gasteiger partial charge in [0.05, 0.1) is 0 Å². The van der Waals surface area contributed by atoms with Crippen molar-refractivity contribution in [3.8, 4) is 5.75 Å². The fourth-order valence-electron chi connectivity index (χ4n) is 2.68. The summed E-state index contributed by atoms with van der Waals surface area (Å²) in [6.45, 7) is 8.06. The second kappa shape index (κ2) is 5.70. The Hall–Kier alpha value is -1.77. The molecule has 0 atom stereocenters. The van der Waals surface area contributed by atoms with Crippen LogP contribution in [0.5, 0.6) is 5.75 Å². The Labute approximate surface area is 119 Å². The van der Waals surface area contributed by atoms with E-state index in [4.69, 9.17) is 4.42 Å². The van der Waals surface area contributed by atoms with Gasteiger partial charge in [0.25, 0.3) is 0 Å². The van der Waals surface area contributed by atoms with Gasteiger partial charge in [-0.2, -0.15) is 0 Å². The van der Waals surface area contributed by atoms with Crippen molar-refractivity contribution in [1.82, 2.24) is 0 Å². The van der Waals surface area contributed by atoms with Crippen LogP contribution in [0.3, 0.4) is 0 Å². The van der Waals surface area contributed by atoms with Crippen molar-refractivity contribution in [1.29, 1.82) is 0 Å². The molecule has 3 nitrogen and oxygen atoms in total. The lowest BCUT2D eigenvalue weighted by Gasteiger charge is -2.12. The first-order valence-corrected chi connectivity index (χ1v) is 7.24. The quantitative estimate of drug-likeness (QED) is 0.847. The maximum atomic E-state index is 12.0. The molecule has 0 aliphatic rings. The molecule has 1 aromatic heterocycles. The van der Waals surface area contributed by atoms with Crippen LogP contribution in [0.15, 0.2) is 21.3 Å². The molecule has 0 bridgehead atoms. The van der Waals surface area contributed by atoms with Crippen LogP contribution < -0.4 is 5.63 Å². The van der Waals surface area contributed by atoms with E-state index in [1.165, 1.54) is 0 Å². The van der Waals surface area contributed by atoms with Gasteiger partial charge in [-0.05, 0) is 42.9 Å². The van der Waals surface area contributed by atoms with Crippen molar-refractivity contribution in [2.24, 2.45) is 0 Å². The van der Waals surface area contributed by atoms with Gasteiger partial charge in [-0.3, -0.25) is 0 Å². The van der Waals surface area contributed by atoms with Crippen LogP contribution in [-0.4, -0.2) is 5.11 Å². The molecule has 20 heavy (non-hydrogen) atoms. The Bertz CT molecular complexity index is 681. The van der Waals surface area contributed by atoms with Crippen LogP contribution in [-0.2, 0) is 6.42 Å². The molecule has 0 saturated carbocycles. The van der Waals surface area contributed by atoms with Gasteiger partial charge in [0, 0.05) is 17.0 Å². The zero-order chi connectivity index (χ0) is 14.9. The summed E-state index contributed by atoms with van der Waals surface area (Å²) in [4.78, 5) is 12.0. The van der Waals surface area contributed by atoms with E-state index in [0.717, 1.165) is 41.3 Å². The van der Waals surface area contributed by atoms with E-state index < -0.39 is 0 Å². The van der Waals surface area contributed by atoms with Crippen LogP contribution in [0, 0.1) is 6.92 Å². The zero-order valence-corrected chi connectivity index (χ0v) is 12.6. The third-order valence-corrected chi connectivity index (χ3v) is 3.79. The highest BCUT2D eigenvalue weighted by Crippen LogP contribution is 2.30. The third-order valence-electron chi connectivity index (χ3n) is 3.79. The predicted molar refractivity (Wildman–Crippen MR) is 81.6 cm³/mol. The number of unbranched alkanes of at least 4 members (excludes halogenated alkanes) is 1. The Morgan fingerprint density at radius 1 is 1.30 bits per heavy atom. The number of phenolic OH excluding ortho intramolecular Hbond substituents is 1. The van der Waals surface area contributed by atoms with Crippen molar-refractivity contribution < 1.29 is 9.52 Å². The molecule has 1 heterocycles. The van der Waals surface area contributed by atoms with E-state index in [1.807, 2.05) is 26.8 Å². The lowest BCUT2D eigenvalue weighted by atomic mass is 9.95. The van der Waals surface area contributed by atoms with Crippen LogP contribution in [0.1, 0.15) is 56.2 Å². The molecule has 2 rings (SSSR count). The van der Waals surface area contributed by atoms with Gasteiger partial charge in [-0.15, -0.1) is 0 Å². The number of fused-ring (bicyclic) bond motifs is 1. The van der Waals surface area contributed by atoms with Crippen molar-refractivity contribution >= 4 is 11.0 Å². The van der Waals surface area contributed by atoms with Gasteiger partial charge in [0.15, 0.2) is 0 Å². The van der Waals surface area contributed by atoms with Gasteiger partial charge in [-0.25, -0.2) is 4.79 Å². The van der Waals surface area contributed by atoms with Crippen molar-refractivity contribution in [2.45, 2.75) is 52.9 Å². The lowest BCUT2D eigenvalue weighted by Crippen LogP contribution is -2.11.